The van der Waals surface area contributed by atoms with E-state index in [4.69, 9.17) is 5.26 Å². The number of benzene rings is 1. The van der Waals surface area contributed by atoms with E-state index in [1.165, 1.54) is 6.07 Å². The van der Waals surface area contributed by atoms with Gasteiger partial charge in [-0.05, 0) is 18.6 Å². The van der Waals surface area contributed by atoms with Gasteiger partial charge < -0.3 is 10.0 Å². The average molecular weight is 230 g/mol. The molecule has 0 aliphatic carbocycles. The zero-order chi connectivity index (χ0) is 12.4. The summed E-state index contributed by atoms with van der Waals surface area (Å²) in [6.07, 6.45) is 0.861. The maximum absolute atomic E-state index is 9.33. The molecular weight excluding hydrogens is 219 g/mol. The summed E-state index contributed by atoms with van der Waals surface area (Å²) in [4.78, 5) is 0. The Kier molecular flexibility index (Phi) is 3.09. The van der Waals surface area contributed by atoms with E-state index in [1.54, 1.807) is 10.7 Å². The topological polar surface area (TPSA) is 95.0 Å². The van der Waals surface area contributed by atoms with E-state index in [1.807, 2.05) is 13.0 Å². The molecule has 0 fully saturated rings. The van der Waals surface area contributed by atoms with E-state index >= 15 is 0 Å². The molecule has 2 aromatic rings. The van der Waals surface area contributed by atoms with Crippen LogP contribution >= 0.6 is 0 Å². The van der Waals surface area contributed by atoms with Crippen molar-refractivity contribution in [2.75, 3.05) is 0 Å². The minimum atomic E-state index is -1.64. The molecule has 2 rings (SSSR count). The molecule has 0 saturated heterocycles. The van der Waals surface area contributed by atoms with Gasteiger partial charge in [-0.3, -0.25) is 0 Å². The van der Waals surface area contributed by atoms with Gasteiger partial charge >= 0.3 is 7.12 Å². The van der Waals surface area contributed by atoms with Crippen molar-refractivity contribution in [3.05, 3.63) is 17.7 Å². The quantitative estimate of drug-likeness (QED) is 0.686. The predicted octanol–water partition coefficient (Wildman–Crippen LogP) is -0.607. The molecular formula is C10H11BN4O2. The van der Waals surface area contributed by atoms with Crippen LogP contribution in [0.1, 0.15) is 18.9 Å². The highest BCUT2D eigenvalue weighted by atomic mass is 16.4. The van der Waals surface area contributed by atoms with Crippen molar-refractivity contribution in [1.29, 1.82) is 5.26 Å². The van der Waals surface area contributed by atoms with Crippen LogP contribution in [-0.2, 0) is 6.54 Å². The summed E-state index contributed by atoms with van der Waals surface area (Å²) in [5.74, 6) is 0. The second-order valence-corrected chi connectivity index (χ2v) is 3.73. The van der Waals surface area contributed by atoms with Crippen molar-refractivity contribution in [3.8, 4) is 6.07 Å². The summed E-state index contributed by atoms with van der Waals surface area (Å²) in [5, 5.41) is 35.4. The third-order valence-electron chi connectivity index (χ3n) is 2.48. The van der Waals surface area contributed by atoms with Gasteiger partial charge in [0.25, 0.3) is 0 Å². The van der Waals surface area contributed by atoms with Gasteiger partial charge in [-0.2, -0.15) is 5.26 Å². The maximum atomic E-state index is 9.33. The Labute approximate surface area is 98.2 Å². The van der Waals surface area contributed by atoms with Crippen LogP contribution in [0, 0.1) is 11.3 Å². The molecule has 6 nitrogen and oxygen atoms in total. The molecule has 0 aliphatic rings. The van der Waals surface area contributed by atoms with Crippen molar-refractivity contribution in [1.82, 2.24) is 15.0 Å². The first kappa shape index (κ1) is 11.6. The van der Waals surface area contributed by atoms with Crippen molar-refractivity contribution in [3.63, 3.8) is 0 Å². The fourth-order valence-corrected chi connectivity index (χ4v) is 1.78. The van der Waals surface area contributed by atoms with Gasteiger partial charge in [0.2, 0.25) is 0 Å². The van der Waals surface area contributed by atoms with Crippen LogP contribution in [0.3, 0.4) is 0 Å². The van der Waals surface area contributed by atoms with E-state index in [2.05, 4.69) is 10.3 Å². The number of nitrogens with zero attached hydrogens (tertiary/aromatic N) is 4. The molecule has 1 aromatic heterocycles. The van der Waals surface area contributed by atoms with E-state index in [-0.39, 0.29) is 5.46 Å². The van der Waals surface area contributed by atoms with Crippen LogP contribution in [-0.4, -0.2) is 32.2 Å². The molecule has 0 atom stereocenters. The lowest BCUT2D eigenvalue weighted by atomic mass is 9.78. The summed E-state index contributed by atoms with van der Waals surface area (Å²) in [5.41, 5.74) is 1.67. The van der Waals surface area contributed by atoms with Gasteiger partial charge in [0.15, 0.2) is 0 Å². The number of aromatic nitrogens is 3. The van der Waals surface area contributed by atoms with E-state index in [0.717, 1.165) is 6.42 Å². The molecule has 1 aromatic carbocycles. The van der Waals surface area contributed by atoms with Crippen LogP contribution in [0.25, 0.3) is 11.0 Å². The standard InChI is InChI=1S/C10H11BN4O2/c1-2-3-15-10-8(11(16)17)4-7(6-12)5-9(10)13-14-15/h4-5,16-17H,2-3H2,1H3. The molecule has 0 spiro atoms. The first-order chi connectivity index (χ1) is 8.17. The van der Waals surface area contributed by atoms with Crippen molar-refractivity contribution >= 4 is 23.6 Å². The largest absolute Gasteiger partial charge is 0.490 e. The zero-order valence-electron chi connectivity index (χ0n) is 9.33. The second-order valence-electron chi connectivity index (χ2n) is 3.73. The van der Waals surface area contributed by atoms with Crippen LogP contribution in [0.2, 0.25) is 0 Å². The molecule has 2 N–H and O–H groups in total. The van der Waals surface area contributed by atoms with Crippen molar-refractivity contribution < 1.29 is 10.0 Å². The molecule has 17 heavy (non-hydrogen) atoms. The second kappa shape index (κ2) is 4.53. The Morgan fingerprint density at radius 3 is 2.82 bits per heavy atom. The molecule has 7 heteroatoms. The van der Waals surface area contributed by atoms with E-state index in [9.17, 15) is 10.0 Å². The molecule has 0 saturated carbocycles. The lowest BCUT2D eigenvalue weighted by molar-refractivity contribution is 0.426. The molecule has 86 valence electrons. The number of nitriles is 1. The van der Waals surface area contributed by atoms with Crippen molar-refractivity contribution in [2.24, 2.45) is 0 Å². The van der Waals surface area contributed by atoms with Crippen LogP contribution in [0.4, 0.5) is 0 Å². The summed E-state index contributed by atoms with van der Waals surface area (Å²) in [7, 11) is -1.64. The monoisotopic (exact) mass is 230 g/mol. The van der Waals surface area contributed by atoms with Crippen LogP contribution < -0.4 is 5.46 Å². The molecule has 0 amide bonds. The highest BCUT2D eigenvalue weighted by Crippen LogP contribution is 2.12. The third kappa shape index (κ3) is 2.00. The van der Waals surface area contributed by atoms with E-state index in [0.29, 0.717) is 23.1 Å². The fourth-order valence-electron chi connectivity index (χ4n) is 1.78. The Morgan fingerprint density at radius 1 is 1.47 bits per heavy atom. The van der Waals surface area contributed by atoms with Crippen molar-refractivity contribution in [2.45, 2.75) is 19.9 Å². The highest BCUT2D eigenvalue weighted by Gasteiger charge is 2.20. The van der Waals surface area contributed by atoms with Gasteiger partial charge in [-0.25, -0.2) is 4.68 Å². The van der Waals surface area contributed by atoms with Gasteiger partial charge in [0, 0.05) is 12.0 Å². The molecule has 0 unspecified atom stereocenters. The number of aryl methyl sites for hydroxylation is 1. The molecule has 1 heterocycles. The van der Waals surface area contributed by atoms with Gasteiger partial charge in [-0.15, -0.1) is 5.10 Å². The first-order valence-electron chi connectivity index (χ1n) is 5.30. The molecule has 0 aliphatic heterocycles. The SMILES string of the molecule is CCCn1nnc2cc(C#N)cc(B(O)O)c21. The summed E-state index contributed by atoms with van der Waals surface area (Å²) in [6.45, 7) is 2.63. The summed E-state index contributed by atoms with van der Waals surface area (Å²) in [6, 6.07) is 4.99. The smallest absolute Gasteiger partial charge is 0.423 e. The Bertz CT molecular complexity index is 588. The lowest BCUT2D eigenvalue weighted by Crippen LogP contribution is -2.32. The lowest BCUT2D eigenvalue weighted by Gasteiger charge is -2.05. The average Bonchev–Trinajstić information content (AvgIpc) is 2.71. The minimum Gasteiger partial charge on any atom is -0.423 e. The fraction of sp³-hybridized carbons (Fsp3) is 0.300. The van der Waals surface area contributed by atoms with Gasteiger partial charge in [-0.1, -0.05) is 12.1 Å². The van der Waals surface area contributed by atoms with E-state index < -0.39 is 7.12 Å². The zero-order valence-corrected chi connectivity index (χ0v) is 9.33. The number of hydrogen-bond acceptors (Lipinski definition) is 5. The molecule has 0 radical (unpaired) electrons. The van der Waals surface area contributed by atoms with Gasteiger partial charge in [0.05, 0.1) is 17.1 Å². The van der Waals surface area contributed by atoms with Gasteiger partial charge in [0.1, 0.15) is 5.52 Å². The Balaban J connectivity index is 2.72. The minimum absolute atomic E-state index is 0.262. The Morgan fingerprint density at radius 2 is 2.24 bits per heavy atom. The summed E-state index contributed by atoms with van der Waals surface area (Å²) >= 11 is 0. The highest BCUT2D eigenvalue weighted by molar-refractivity contribution is 6.61. The number of fused-ring (bicyclic) bond motifs is 1. The normalized spacial score (nSPS) is 10.5. The Hall–Kier alpha value is -1.91. The third-order valence-corrected chi connectivity index (χ3v) is 2.48. The summed E-state index contributed by atoms with van der Waals surface area (Å²) < 4.78 is 1.62. The molecule has 0 bridgehead atoms. The maximum Gasteiger partial charge on any atom is 0.490 e. The van der Waals surface area contributed by atoms with Crippen LogP contribution in [0.15, 0.2) is 12.1 Å². The predicted molar refractivity (Wildman–Crippen MR) is 62.4 cm³/mol. The van der Waals surface area contributed by atoms with Crippen LogP contribution in [0.5, 0.6) is 0 Å². The number of hydrogen-bond donors (Lipinski definition) is 2. The first-order valence-corrected chi connectivity index (χ1v) is 5.30. The number of rotatable bonds is 3.